The molecule has 0 bridgehead atoms. The number of hydrogen-bond donors (Lipinski definition) is 0. The monoisotopic (exact) mass is 706 g/mol. The van der Waals surface area contributed by atoms with Gasteiger partial charge in [-0.1, -0.05) is 47.9 Å². The third-order valence-corrected chi connectivity index (χ3v) is 7.74. The van der Waals surface area contributed by atoms with Crippen molar-refractivity contribution in [3.05, 3.63) is 58.7 Å². The zero-order valence-corrected chi connectivity index (χ0v) is 31.7. The first-order valence-corrected chi connectivity index (χ1v) is 18.2. The predicted octanol–water partition coefficient (Wildman–Crippen LogP) is 7.59. The Balaban J connectivity index is 2.12. The summed E-state index contributed by atoms with van der Waals surface area (Å²) in [5.74, 6) is 26.2. The molecule has 52 heavy (non-hydrogen) atoms. The molecule has 0 amide bonds. The lowest BCUT2D eigenvalue weighted by atomic mass is 9.86. The molecule has 4 aromatic rings. The Morgan fingerprint density at radius 3 is 0.712 bits per heavy atom. The van der Waals surface area contributed by atoms with E-state index in [0.717, 1.165) is 54.6 Å². The Labute approximate surface area is 309 Å². The molecular formula is C44H50O8. The Bertz CT molecular complexity index is 1700. The Hall–Kier alpha value is -4.16. The van der Waals surface area contributed by atoms with Crippen LogP contribution < -0.4 is 0 Å². The van der Waals surface area contributed by atoms with E-state index in [-0.39, 0.29) is 0 Å². The van der Waals surface area contributed by atoms with Crippen LogP contribution in [0, 0.1) is 47.4 Å². The fraction of sp³-hybridized carbons (Fsp3) is 0.455. The predicted molar refractivity (Wildman–Crippen MR) is 206 cm³/mol. The fourth-order valence-corrected chi connectivity index (χ4v) is 5.69. The topological polar surface area (TPSA) is 73.8 Å². The molecule has 0 spiro atoms. The van der Waals surface area contributed by atoms with Gasteiger partial charge in [0.05, 0.1) is 0 Å². The van der Waals surface area contributed by atoms with Crippen molar-refractivity contribution in [1.82, 2.24) is 0 Å². The van der Waals surface area contributed by atoms with E-state index in [1.54, 1.807) is 0 Å². The lowest BCUT2D eigenvalue weighted by Crippen LogP contribution is -2.15. The highest BCUT2D eigenvalue weighted by Crippen LogP contribution is 2.40. The van der Waals surface area contributed by atoms with Gasteiger partial charge in [0.25, 0.3) is 0 Å². The summed E-state index contributed by atoms with van der Waals surface area (Å²) >= 11 is 0. The van der Waals surface area contributed by atoms with Crippen molar-refractivity contribution < 1.29 is 37.9 Å². The first-order chi connectivity index (χ1) is 25.5. The standard InChI is InChI=1S/C44H50O8/c1-9-45-39(46-10-2)25-17-31-29-32(18-26-40(47-11-3)48-12-4)36-23-24-38-34(20-28-42(51-15-7)52-16-8)30-33(19-27-41(49-13-5)50-14-6)37-22-21-35(31)43(36)44(37)38/h21-24,29-30,39-42H,9-16H2,1-8H3. The van der Waals surface area contributed by atoms with Crippen LogP contribution in [0.5, 0.6) is 0 Å². The molecule has 0 saturated heterocycles. The van der Waals surface area contributed by atoms with Gasteiger partial charge in [-0.05, 0) is 124 Å². The molecule has 0 heterocycles. The number of rotatable bonds is 16. The molecule has 274 valence electrons. The summed E-state index contributed by atoms with van der Waals surface area (Å²) in [6.45, 7) is 19.1. The summed E-state index contributed by atoms with van der Waals surface area (Å²) in [4.78, 5) is 0. The van der Waals surface area contributed by atoms with E-state index in [4.69, 9.17) is 37.9 Å². The lowest BCUT2D eigenvalue weighted by molar-refractivity contribution is -0.0972. The Morgan fingerprint density at radius 2 is 0.538 bits per heavy atom. The minimum Gasteiger partial charge on any atom is -0.342 e. The fourth-order valence-electron chi connectivity index (χ4n) is 5.69. The zero-order valence-electron chi connectivity index (χ0n) is 31.7. The van der Waals surface area contributed by atoms with Crippen molar-refractivity contribution >= 4 is 32.3 Å². The molecule has 0 unspecified atom stereocenters. The Kier molecular flexibility index (Phi) is 16.7. The maximum atomic E-state index is 5.76. The molecule has 4 aromatic carbocycles. The van der Waals surface area contributed by atoms with Crippen molar-refractivity contribution in [2.75, 3.05) is 52.9 Å². The average molecular weight is 707 g/mol. The summed E-state index contributed by atoms with van der Waals surface area (Å²) in [7, 11) is 0. The minimum absolute atomic E-state index is 0.472. The highest BCUT2D eigenvalue weighted by Gasteiger charge is 2.18. The highest BCUT2D eigenvalue weighted by molar-refractivity contribution is 6.26. The van der Waals surface area contributed by atoms with Gasteiger partial charge in [-0.2, -0.15) is 0 Å². The molecule has 8 heteroatoms. The summed E-state index contributed by atoms with van der Waals surface area (Å²) < 4.78 is 46.1. The van der Waals surface area contributed by atoms with Crippen molar-refractivity contribution in [3.63, 3.8) is 0 Å². The summed E-state index contributed by atoms with van der Waals surface area (Å²) in [5, 5.41) is 5.80. The van der Waals surface area contributed by atoms with Crippen LogP contribution in [0.3, 0.4) is 0 Å². The third-order valence-electron chi connectivity index (χ3n) is 7.74. The van der Waals surface area contributed by atoms with Crippen LogP contribution in [0.2, 0.25) is 0 Å². The largest absolute Gasteiger partial charge is 0.342 e. The van der Waals surface area contributed by atoms with E-state index < -0.39 is 25.2 Å². The molecule has 0 N–H and O–H groups in total. The average Bonchev–Trinajstić information content (AvgIpc) is 3.14. The SMILES string of the molecule is CCOC(C#Cc1cc(C#CC(OCC)OCC)c2ccc3c(C#CC(OCC)OCC)cc(C#CC(OCC)OCC)c4ccc1c2c43)OCC. The molecule has 0 atom stereocenters. The molecule has 0 aromatic heterocycles. The zero-order chi connectivity index (χ0) is 37.3. The van der Waals surface area contributed by atoms with Crippen LogP contribution in [0.1, 0.15) is 77.6 Å². The molecular weight excluding hydrogens is 656 g/mol. The number of ether oxygens (including phenoxy) is 8. The summed E-state index contributed by atoms with van der Waals surface area (Å²) in [6, 6.07) is 12.4. The van der Waals surface area contributed by atoms with Crippen LogP contribution in [-0.4, -0.2) is 78.0 Å². The second-order valence-electron chi connectivity index (χ2n) is 11.1. The quantitative estimate of drug-likeness (QED) is 0.0671. The third kappa shape index (κ3) is 10.5. The number of hydrogen-bond acceptors (Lipinski definition) is 8. The van der Waals surface area contributed by atoms with E-state index in [2.05, 4.69) is 71.6 Å². The van der Waals surface area contributed by atoms with Gasteiger partial charge in [0.1, 0.15) is 0 Å². The van der Waals surface area contributed by atoms with Gasteiger partial charge < -0.3 is 37.9 Å². The molecule has 4 rings (SSSR count). The molecule has 0 aliphatic carbocycles. The molecule has 8 nitrogen and oxygen atoms in total. The van der Waals surface area contributed by atoms with Crippen molar-refractivity contribution in [2.24, 2.45) is 0 Å². The highest BCUT2D eigenvalue weighted by atomic mass is 16.7. The normalized spacial score (nSPS) is 11.2. The molecule has 0 saturated carbocycles. The van der Waals surface area contributed by atoms with E-state index in [1.165, 1.54) is 0 Å². The second kappa shape index (κ2) is 21.4. The number of benzene rings is 4. The van der Waals surface area contributed by atoms with E-state index in [0.29, 0.717) is 52.9 Å². The van der Waals surface area contributed by atoms with Crippen LogP contribution in [0.25, 0.3) is 32.3 Å². The molecule has 0 aliphatic heterocycles. The van der Waals surface area contributed by atoms with Crippen molar-refractivity contribution in [3.8, 4) is 47.4 Å². The Morgan fingerprint density at radius 1 is 0.346 bits per heavy atom. The van der Waals surface area contributed by atoms with E-state index in [1.807, 2.05) is 67.5 Å². The van der Waals surface area contributed by atoms with Gasteiger partial charge in [-0.3, -0.25) is 0 Å². The second-order valence-corrected chi connectivity index (χ2v) is 11.1. The van der Waals surface area contributed by atoms with Crippen molar-refractivity contribution in [1.29, 1.82) is 0 Å². The molecule has 0 radical (unpaired) electrons. The lowest BCUT2D eigenvalue weighted by Gasteiger charge is -2.17. The van der Waals surface area contributed by atoms with Crippen LogP contribution in [-0.2, 0) is 37.9 Å². The van der Waals surface area contributed by atoms with Crippen LogP contribution in [0.4, 0.5) is 0 Å². The maximum Gasteiger partial charge on any atom is 0.222 e. The van der Waals surface area contributed by atoms with E-state index >= 15 is 0 Å². The van der Waals surface area contributed by atoms with Gasteiger partial charge in [0, 0.05) is 75.1 Å². The first kappa shape index (κ1) is 40.6. The van der Waals surface area contributed by atoms with Gasteiger partial charge in [-0.15, -0.1) is 0 Å². The van der Waals surface area contributed by atoms with Gasteiger partial charge >= 0.3 is 0 Å². The van der Waals surface area contributed by atoms with Crippen molar-refractivity contribution in [2.45, 2.75) is 80.6 Å². The van der Waals surface area contributed by atoms with Crippen LogP contribution in [0.15, 0.2) is 36.4 Å². The smallest absolute Gasteiger partial charge is 0.222 e. The molecule has 0 fully saturated rings. The first-order valence-electron chi connectivity index (χ1n) is 18.2. The summed E-state index contributed by atoms with van der Waals surface area (Å²) in [6.07, 6.45) is -2.67. The van der Waals surface area contributed by atoms with Crippen LogP contribution >= 0.6 is 0 Å². The molecule has 0 aliphatic rings. The summed E-state index contributed by atoms with van der Waals surface area (Å²) in [5.41, 5.74) is 3.13. The minimum atomic E-state index is -0.667. The van der Waals surface area contributed by atoms with Gasteiger partial charge in [0.15, 0.2) is 0 Å². The van der Waals surface area contributed by atoms with Gasteiger partial charge in [-0.25, -0.2) is 0 Å². The van der Waals surface area contributed by atoms with E-state index in [9.17, 15) is 0 Å². The maximum absolute atomic E-state index is 5.76. The van der Waals surface area contributed by atoms with Gasteiger partial charge in [0.2, 0.25) is 25.2 Å².